The van der Waals surface area contributed by atoms with Crippen LogP contribution in [-0.4, -0.2) is 37.6 Å². The van der Waals surface area contributed by atoms with Gasteiger partial charge in [-0.1, -0.05) is 12.1 Å². The highest BCUT2D eigenvalue weighted by Gasteiger charge is 2.12. The lowest BCUT2D eigenvalue weighted by molar-refractivity contribution is 0.0949. The molecule has 31 heavy (non-hydrogen) atoms. The van der Waals surface area contributed by atoms with Gasteiger partial charge in [0.1, 0.15) is 17.3 Å². The van der Waals surface area contributed by atoms with Crippen molar-refractivity contribution >= 4 is 33.5 Å². The van der Waals surface area contributed by atoms with E-state index in [1.54, 1.807) is 6.20 Å². The Morgan fingerprint density at radius 3 is 2.81 bits per heavy atom. The number of nitrogens with zero attached hydrogens (tertiary/aromatic N) is 3. The third kappa shape index (κ3) is 3.57. The highest BCUT2D eigenvalue weighted by molar-refractivity contribution is 6.08. The van der Waals surface area contributed by atoms with E-state index in [9.17, 15) is 9.18 Å². The average molecular weight is 415 g/mol. The van der Waals surface area contributed by atoms with Gasteiger partial charge < -0.3 is 16.0 Å². The highest BCUT2D eigenvalue weighted by Crippen LogP contribution is 2.30. The Bertz CT molecular complexity index is 1390. The molecule has 5 aromatic rings. The molecule has 5 N–H and O–H groups in total. The van der Waals surface area contributed by atoms with Crippen molar-refractivity contribution in [1.82, 2.24) is 30.5 Å². The maximum atomic E-state index is 12.9. The molecule has 0 aliphatic heterocycles. The molecule has 0 atom stereocenters. The van der Waals surface area contributed by atoms with E-state index in [1.807, 2.05) is 30.3 Å². The zero-order valence-corrected chi connectivity index (χ0v) is 16.3. The summed E-state index contributed by atoms with van der Waals surface area (Å²) >= 11 is 0. The number of H-pyrrole nitrogens is 2. The monoisotopic (exact) mass is 415 g/mol. The Labute approximate surface area is 175 Å². The number of hydrogen-bond acceptors (Lipinski definition) is 5. The van der Waals surface area contributed by atoms with E-state index in [1.165, 1.54) is 12.1 Å². The van der Waals surface area contributed by atoms with Crippen LogP contribution >= 0.6 is 0 Å². The molecule has 0 aliphatic carbocycles. The van der Waals surface area contributed by atoms with Crippen LogP contribution in [0.2, 0.25) is 0 Å². The van der Waals surface area contributed by atoms with E-state index in [-0.39, 0.29) is 11.6 Å². The first-order valence-corrected chi connectivity index (χ1v) is 9.69. The zero-order chi connectivity index (χ0) is 21.4. The normalized spacial score (nSPS) is 11.3. The molecule has 8 nitrogen and oxygen atoms in total. The van der Waals surface area contributed by atoms with Crippen LogP contribution in [-0.2, 0) is 6.42 Å². The summed E-state index contributed by atoms with van der Waals surface area (Å²) in [5.74, 6) is -0.401. The standard InChI is InChI=1S/C22H18FN7O/c23-13-2-4-18(26-11-13)22(31)25-7-5-14-10-16-20(28-14)15-3-1-12(17-6-8-27-30-17)9-19(15)29-21(16)24/h1-4,6,8-11,28H,5,7H2,(H2,24,29)(H,25,31)(H,27,30). The van der Waals surface area contributed by atoms with Crippen molar-refractivity contribution in [1.29, 1.82) is 0 Å². The van der Waals surface area contributed by atoms with E-state index in [0.717, 1.165) is 45.0 Å². The molecule has 0 saturated carbocycles. The van der Waals surface area contributed by atoms with Crippen molar-refractivity contribution in [2.45, 2.75) is 6.42 Å². The lowest BCUT2D eigenvalue weighted by atomic mass is 10.1. The Balaban J connectivity index is 1.37. The number of rotatable bonds is 5. The van der Waals surface area contributed by atoms with E-state index >= 15 is 0 Å². The molecule has 0 spiro atoms. The molecule has 0 aliphatic rings. The number of aromatic nitrogens is 5. The summed E-state index contributed by atoms with van der Waals surface area (Å²) in [4.78, 5) is 23.9. The van der Waals surface area contributed by atoms with Crippen LogP contribution in [0.3, 0.4) is 0 Å². The fraction of sp³-hybridized carbons (Fsp3) is 0.0909. The van der Waals surface area contributed by atoms with Crippen molar-refractivity contribution in [3.63, 3.8) is 0 Å². The van der Waals surface area contributed by atoms with Gasteiger partial charge in [-0.25, -0.2) is 14.4 Å². The highest BCUT2D eigenvalue weighted by atomic mass is 19.1. The Hall–Kier alpha value is -4.27. The van der Waals surface area contributed by atoms with E-state index < -0.39 is 5.82 Å². The number of nitrogen functional groups attached to an aromatic ring is 1. The van der Waals surface area contributed by atoms with Crippen molar-refractivity contribution in [2.24, 2.45) is 0 Å². The van der Waals surface area contributed by atoms with Gasteiger partial charge in [0.25, 0.3) is 5.91 Å². The third-order valence-electron chi connectivity index (χ3n) is 5.09. The number of carbonyl (C=O) groups excluding carboxylic acids is 1. The van der Waals surface area contributed by atoms with E-state index in [0.29, 0.717) is 18.8 Å². The minimum atomic E-state index is -0.482. The Morgan fingerprint density at radius 1 is 1.13 bits per heavy atom. The maximum Gasteiger partial charge on any atom is 0.269 e. The predicted molar refractivity (Wildman–Crippen MR) is 116 cm³/mol. The molecule has 154 valence electrons. The first-order chi connectivity index (χ1) is 15.1. The van der Waals surface area contributed by atoms with Gasteiger partial charge >= 0.3 is 0 Å². The average Bonchev–Trinajstić information content (AvgIpc) is 3.44. The second kappa shape index (κ2) is 7.52. The number of carbonyl (C=O) groups is 1. The molecule has 9 heteroatoms. The SMILES string of the molecule is Nc1nc2cc(-c3cc[nH]n3)ccc2c2[nH]c(CCNC(=O)c3ccc(F)cn3)cc12. The lowest BCUT2D eigenvalue weighted by Crippen LogP contribution is -2.26. The summed E-state index contributed by atoms with van der Waals surface area (Å²) in [5, 5.41) is 11.6. The topological polar surface area (TPSA) is 125 Å². The van der Waals surface area contributed by atoms with Gasteiger partial charge in [-0.3, -0.25) is 9.89 Å². The van der Waals surface area contributed by atoms with Gasteiger partial charge in [0.15, 0.2) is 0 Å². The number of nitrogens with one attached hydrogen (secondary N) is 3. The second-order valence-electron chi connectivity index (χ2n) is 7.14. The minimum Gasteiger partial charge on any atom is -0.383 e. The molecule has 0 saturated heterocycles. The summed E-state index contributed by atoms with van der Waals surface area (Å²) in [5.41, 5.74) is 10.8. The number of nitrogens with two attached hydrogens (primary N) is 1. The molecule has 1 aromatic carbocycles. The number of benzene rings is 1. The Kier molecular flexibility index (Phi) is 4.55. The van der Waals surface area contributed by atoms with Crippen molar-refractivity contribution in [3.05, 3.63) is 72.1 Å². The molecule has 5 rings (SSSR count). The number of fused-ring (bicyclic) bond motifs is 3. The number of aromatic amines is 2. The minimum absolute atomic E-state index is 0.171. The first kappa shape index (κ1) is 18.7. The number of amides is 1. The number of halogens is 1. The quantitative estimate of drug-likeness (QED) is 0.351. The van der Waals surface area contributed by atoms with Crippen LogP contribution in [0.15, 0.2) is 54.9 Å². The number of hydrogen-bond donors (Lipinski definition) is 4. The Morgan fingerprint density at radius 2 is 2.03 bits per heavy atom. The van der Waals surface area contributed by atoms with Gasteiger partial charge in [0, 0.05) is 41.2 Å². The van der Waals surface area contributed by atoms with Crippen LogP contribution < -0.4 is 11.1 Å². The summed E-state index contributed by atoms with van der Waals surface area (Å²) in [6.45, 7) is 0.388. The van der Waals surface area contributed by atoms with E-state index in [4.69, 9.17) is 5.73 Å². The maximum absolute atomic E-state index is 12.9. The number of anilines is 1. The molecule has 0 unspecified atom stereocenters. The molecule has 0 fully saturated rings. The molecule has 1 amide bonds. The van der Waals surface area contributed by atoms with Gasteiger partial charge in [0.2, 0.25) is 0 Å². The van der Waals surface area contributed by atoms with Crippen molar-refractivity contribution in [2.75, 3.05) is 12.3 Å². The van der Waals surface area contributed by atoms with Crippen molar-refractivity contribution < 1.29 is 9.18 Å². The molecule has 0 radical (unpaired) electrons. The number of pyridine rings is 2. The van der Waals surface area contributed by atoms with E-state index in [2.05, 4.69) is 30.5 Å². The largest absolute Gasteiger partial charge is 0.383 e. The van der Waals surface area contributed by atoms with Gasteiger partial charge in [-0.2, -0.15) is 5.10 Å². The molecule has 4 aromatic heterocycles. The molecular weight excluding hydrogens is 397 g/mol. The van der Waals surface area contributed by atoms with Crippen LogP contribution in [0.25, 0.3) is 33.1 Å². The summed E-state index contributed by atoms with van der Waals surface area (Å²) < 4.78 is 12.9. The zero-order valence-electron chi connectivity index (χ0n) is 16.3. The molecule has 4 heterocycles. The van der Waals surface area contributed by atoms with Gasteiger partial charge in [0.05, 0.1) is 22.9 Å². The predicted octanol–water partition coefficient (Wildman–Crippen LogP) is 3.20. The van der Waals surface area contributed by atoms with Gasteiger partial charge in [-0.05, 0) is 30.3 Å². The first-order valence-electron chi connectivity index (χ1n) is 9.69. The lowest BCUT2D eigenvalue weighted by Gasteiger charge is -2.04. The fourth-order valence-electron chi connectivity index (χ4n) is 3.58. The fourth-order valence-corrected chi connectivity index (χ4v) is 3.58. The van der Waals surface area contributed by atoms with Crippen molar-refractivity contribution in [3.8, 4) is 11.3 Å². The van der Waals surface area contributed by atoms with Crippen LogP contribution in [0.5, 0.6) is 0 Å². The smallest absolute Gasteiger partial charge is 0.269 e. The summed E-state index contributed by atoms with van der Waals surface area (Å²) in [6, 6.07) is 12.3. The molecular formula is C22H18FN7O. The van der Waals surface area contributed by atoms with Crippen LogP contribution in [0.4, 0.5) is 10.2 Å². The summed E-state index contributed by atoms with van der Waals surface area (Å²) in [7, 11) is 0. The third-order valence-corrected chi connectivity index (χ3v) is 5.09. The second-order valence-corrected chi connectivity index (χ2v) is 7.14. The van der Waals surface area contributed by atoms with Crippen LogP contribution in [0.1, 0.15) is 16.2 Å². The van der Waals surface area contributed by atoms with Crippen LogP contribution in [0, 0.1) is 5.82 Å². The summed E-state index contributed by atoms with van der Waals surface area (Å²) in [6.07, 6.45) is 3.35. The molecule has 0 bridgehead atoms. The van der Waals surface area contributed by atoms with Gasteiger partial charge in [-0.15, -0.1) is 0 Å².